The molecule has 27 heavy (non-hydrogen) atoms. The van der Waals surface area contributed by atoms with E-state index in [0.29, 0.717) is 0 Å². The first-order chi connectivity index (χ1) is 12.8. The molecule has 0 unspecified atom stereocenters. The Kier molecular flexibility index (Phi) is 9.36. The Balaban J connectivity index is 0.00000261. The molecule has 2 heterocycles. The normalized spacial score (nSPS) is 16.7. The van der Waals surface area contributed by atoms with E-state index in [9.17, 15) is 0 Å². The molecule has 2 aromatic rings. The second-order valence-electron chi connectivity index (χ2n) is 7.03. The molecule has 1 aromatic heterocycles. The first kappa shape index (κ1) is 22.0. The average molecular weight is 484 g/mol. The van der Waals surface area contributed by atoms with Crippen LogP contribution in [0, 0.1) is 0 Å². The summed E-state index contributed by atoms with van der Waals surface area (Å²) in [4.78, 5) is 12.6. The zero-order chi connectivity index (χ0) is 18.2. The zero-order valence-electron chi connectivity index (χ0n) is 16.5. The number of aliphatic imine (C=N–C) groups is 1. The molecule has 0 aliphatic carbocycles. The second kappa shape index (κ2) is 11.5. The predicted molar refractivity (Wildman–Crippen MR) is 125 cm³/mol. The molecule has 1 aliphatic rings. The summed E-state index contributed by atoms with van der Waals surface area (Å²) in [7, 11) is 4.04. The van der Waals surface area contributed by atoms with Crippen LogP contribution in [-0.4, -0.2) is 80.7 Å². The summed E-state index contributed by atoms with van der Waals surface area (Å²) in [6, 6.07) is 8.45. The largest absolute Gasteiger partial charge is 0.361 e. The van der Waals surface area contributed by atoms with E-state index in [1.807, 2.05) is 7.05 Å². The number of guanidine groups is 1. The van der Waals surface area contributed by atoms with Crippen molar-refractivity contribution in [2.24, 2.45) is 4.99 Å². The highest BCUT2D eigenvalue weighted by atomic mass is 127. The van der Waals surface area contributed by atoms with Crippen LogP contribution in [0.4, 0.5) is 0 Å². The Morgan fingerprint density at radius 3 is 2.78 bits per heavy atom. The van der Waals surface area contributed by atoms with E-state index in [0.717, 1.165) is 45.1 Å². The van der Waals surface area contributed by atoms with Crippen molar-refractivity contribution in [2.75, 3.05) is 59.9 Å². The molecule has 3 rings (SSSR count). The monoisotopic (exact) mass is 484 g/mol. The van der Waals surface area contributed by atoms with Crippen molar-refractivity contribution in [3.05, 3.63) is 36.0 Å². The Hall–Kier alpha value is -1.32. The number of aromatic amines is 1. The van der Waals surface area contributed by atoms with Crippen LogP contribution in [0.15, 0.2) is 35.5 Å². The number of hydrogen-bond acceptors (Lipinski definition) is 3. The lowest BCUT2D eigenvalue weighted by Gasteiger charge is -2.21. The van der Waals surface area contributed by atoms with Crippen LogP contribution in [0.2, 0.25) is 0 Å². The van der Waals surface area contributed by atoms with Crippen LogP contribution in [0.3, 0.4) is 0 Å². The van der Waals surface area contributed by atoms with Crippen LogP contribution in [0.5, 0.6) is 0 Å². The topological polar surface area (TPSA) is 58.7 Å². The molecule has 1 fully saturated rings. The molecule has 1 aromatic carbocycles. The summed E-state index contributed by atoms with van der Waals surface area (Å²) in [5, 5.41) is 8.18. The van der Waals surface area contributed by atoms with Gasteiger partial charge in [0.2, 0.25) is 0 Å². The summed E-state index contributed by atoms with van der Waals surface area (Å²) in [5.41, 5.74) is 2.55. The number of hydrogen-bond donors (Lipinski definition) is 3. The highest BCUT2D eigenvalue weighted by molar-refractivity contribution is 14.0. The van der Waals surface area contributed by atoms with Gasteiger partial charge in [0.05, 0.1) is 0 Å². The van der Waals surface area contributed by atoms with Gasteiger partial charge >= 0.3 is 0 Å². The van der Waals surface area contributed by atoms with Crippen molar-refractivity contribution in [3.63, 3.8) is 0 Å². The average Bonchev–Trinajstić information content (AvgIpc) is 2.95. The Labute approximate surface area is 179 Å². The van der Waals surface area contributed by atoms with Crippen LogP contribution in [0.25, 0.3) is 10.9 Å². The van der Waals surface area contributed by atoms with Gasteiger partial charge in [-0.3, -0.25) is 4.99 Å². The molecule has 7 heteroatoms. The number of halogens is 1. The van der Waals surface area contributed by atoms with E-state index < -0.39 is 0 Å². The summed E-state index contributed by atoms with van der Waals surface area (Å²) in [6.45, 7) is 7.59. The van der Waals surface area contributed by atoms with Crippen molar-refractivity contribution >= 4 is 40.8 Å². The van der Waals surface area contributed by atoms with E-state index in [1.165, 1.54) is 36.0 Å². The molecule has 0 amide bonds. The molecule has 0 spiro atoms. The number of likely N-dealkylation sites (N-methyl/N-ethyl adjacent to an activating group) is 1. The Bertz CT molecular complexity index is 713. The van der Waals surface area contributed by atoms with Crippen molar-refractivity contribution in [2.45, 2.75) is 12.8 Å². The van der Waals surface area contributed by atoms with Gasteiger partial charge in [-0.2, -0.15) is 0 Å². The lowest BCUT2D eigenvalue weighted by Crippen LogP contribution is -2.42. The fourth-order valence-corrected chi connectivity index (χ4v) is 3.53. The third kappa shape index (κ3) is 6.65. The molecule has 0 atom stereocenters. The van der Waals surface area contributed by atoms with Gasteiger partial charge < -0.3 is 25.4 Å². The van der Waals surface area contributed by atoms with Crippen LogP contribution >= 0.6 is 24.0 Å². The number of rotatable bonds is 6. The third-order valence-corrected chi connectivity index (χ3v) is 5.12. The Morgan fingerprint density at radius 1 is 1.11 bits per heavy atom. The lowest BCUT2D eigenvalue weighted by atomic mass is 10.1. The lowest BCUT2D eigenvalue weighted by molar-refractivity contribution is 0.280. The van der Waals surface area contributed by atoms with Crippen molar-refractivity contribution in [3.8, 4) is 0 Å². The van der Waals surface area contributed by atoms with Gasteiger partial charge in [-0.15, -0.1) is 24.0 Å². The quantitative estimate of drug-likeness (QED) is 0.334. The van der Waals surface area contributed by atoms with Crippen LogP contribution in [0.1, 0.15) is 12.0 Å². The molecular formula is C20H33IN6. The SMILES string of the molecule is CN=C(NCCc1c[nH]c2ccccc12)NCCN1CCCN(C)CC1.I. The second-order valence-corrected chi connectivity index (χ2v) is 7.03. The first-order valence-corrected chi connectivity index (χ1v) is 9.66. The van der Waals surface area contributed by atoms with Gasteiger partial charge in [0.25, 0.3) is 0 Å². The van der Waals surface area contributed by atoms with E-state index in [2.05, 4.69) is 67.9 Å². The third-order valence-electron chi connectivity index (χ3n) is 5.12. The maximum Gasteiger partial charge on any atom is 0.191 e. The maximum atomic E-state index is 4.34. The molecule has 0 bridgehead atoms. The molecular weight excluding hydrogens is 451 g/mol. The molecule has 1 saturated heterocycles. The fourth-order valence-electron chi connectivity index (χ4n) is 3.53. The van der Waals surface area contributed by atoms with Gasteiger partial charge in [0.15, 0.2) is 5.96 Å². The smallest absolute Gasteiger partial charge is 0.191 e. The van der Waals surface area contributed by atoms with Crippen LogP contribution < -0.4 is 10.6 Å². The molecule has 0 saturated carbocycles. The minimum atomic E-state index is 0. The number of H-pyrrole nitrogens is 1. The van der Waals surface area contributed by atoms with E-state index in [-0.39, 0.29) is 24.0 Å². The van der Waals surface area contributed by atoms with E-state index in [1.54, 1.807) is 0 Å². The van der Waals surface area contributed by atoms with Gasteiger partial charge in [0, 0.05) is 56.9 Å². The number of benzene rings is 1. The number of aromatic nitrogens is 1. The highest BCUT2D eigenvalue weighted by Gasteiger charge is 2.11. The maximum absolute atomic E-state index is 4.34. The predicted octanol–water partition coefficient (Wildman–Crippen LogP) is 2.13. The van der Waals surface area contributed by atoms with Crippen molar-refractivity contribution < 1.29 is 0 Å². The standard InChI is InChI=1S/C20H32N6.HI/c1-21-20(23-10-13-26-12-5-11-25(2)14-15-26)22-9-8-17-16-24-19-7-4-3-6-18(17)19;/h3-4,6-7,16,24H,5,8-15H2,1-2H3,(H2,21,22,23);1H. The Morgan fingerprint density at radius 2 is 1.93 bits per heavy atom. The minimum Gasteiger partial charge on any atom is -0.361 e. The van der Waals surface area contributed by atoms with Crippen molar-refractivity contribution in [1.82, 2.24) is 25.4 Å². The van der Waals surface area contributed by atoms with Gasteiger partial charge in [0.1, 0.15) is 0 Å². The number of para-hydroxylation sites is 1. The number of nitrogens with zero attached hydrogens (tertiary/aromatic N) is 3. The van der Waals surface area contributed by atoms with Gasteiger partial charge in [-0.05, 0) is 44.6 Å². The molecule has 0 radical (unpaired) electrons. The first-order valence-electron chi connectivity index (χ1n) is 9.66. The van der Waals surface area contributed by atoms with Gasteiger partial charge in [-0.25, -0.2) is 0 Å². The number of nitrogens with one attached hydrogen (secondary N) is 3. The molecule has 6 nitrogen and oxygen atoms in total. The van der Waals surface area contributed by atoms with E-state index >= 15 is 0 Å². The molecule has 150 valence electrons. The summed E-state index contributed by atoms with van der Waals surface area (Å²) < 4.78 is 0. The highest BCUT2D eigenvalue weighted by Crippen LogP contribution is 2.17. The fraction of sp³-hybridized carbons (Fsp3) is 0.550. The summed E-state index contributed by atoms with van der Waals surface area (Å²) in [6.07, 6.45) is 4.34. The zero-order valence-corrected chi connectivity index (χ0v) is 18.8. The summed E-state index contributed by atoms with van der Waals surface area (Å²) in [5.74, 6) is 0.886. The molecule has 1 aliphatic heterocycles. The minimum absolute atomic E-state index is 0. The molecule has 3 N–H and O–H groups in total. The van der Waals surface area contributed by atoms with E-state index in [4.69, 9.17) is 0 Å². The van der Waals surface area contributed by atoms with Gasteiger partial charge in [-0.1, -0.05) is 18.2 Å². The van der Waals surface area contributed by atoms with Crippen molar-refractivity contribution in [1.29, 1.82) is 0 Å². The number of fused-ring (bicyclic) bond motifs is 1. The van der Waals surface area contributed by atoms with Crippen LogP contribution in [-0.2, 0) is 6.42 Å². The summed E-state index contributed by atoms with van der Waals surface area (Å²) >= 11 is 0.